The van der Waals surface area contributed by atoms with Gasteiger partial charge in [0.15, 0.2) is 6.61 Å². The molecule has 6 nitrogen and oxygen atoms in total. The highest BCUT2D eigenvalue weighted by Gasteiger charge is 2.18. The molecule has 0 fully saturated rings. The topological polar surface area (TPSA) is 82.2 Å². The molecule has 0 saturated carbocycles. The second kappa shape index (κ2) is 4.40. The molecular formula is C13H14N4O2. The Morgan fingerprint density at radius 3 is 3.16 bits per heavy atom. The van der Waals surface area contributed by atoms with Gasteiger partial charge in [0.1, 0.15) is 5.75 Å². The van der Waals surface area contributed by atoms with Gasteiger partial charge in [0.2, 0.25) is 0 Å². The summed E-state index contributed by atoms with van der Waals surface area (Å²) in [5.74, 6) is 0.536. The molecular weight excluding hydrogens is 244 g/mol. The number of fused-ring (bicyclic) bond motifs is 1. The molecule has 1 aromatic carbocycles. The van der Waals surface area contributed by atoms with Crippen molar-refractivity contribution >= 4 is 11.6 Å². The smallest absolute Gasteiger partial charge is 0.262 e. The number of aryl methyl sites for hydroxylation is 1. The standard InChI is InChI=1S/C13H14N4O2/c1-17-7-15-10(5-14)13(17)8-2-3-11-9(4-8)16-12(18)6-19-11/h2-4,7H,5-6,14H2,1H3,(H,16,18). The van der Waals surface area contributed by atoms with Crippen molar-refractivity contribution in [2.75, 3.05) is 11.9 Å². The van der Waals surface area contributed by atoms with Gasteiger partial charge >= 0.3 is 0 Å². The fraction of sp³-hybridized carbons (Fsp3) is 0.231. The molecule has 2 aromatic rings. The summed E-state index contributed by atoms with van der Waals surface area (Å²) in [5, 5.41) is 2.79. The van der Waals surface area contributed by atoms with E-state index in [0.29, 0.717) is 18.0 Å². The number of aromatic nitrogens is 2. The van der Waals surface area contributed by atoms with Crippen molar-refractivity contribution in [2.45, 2.75) is 6.54 Å². The van der Waals surface area contributed by atoms with Gasteiger partial charge in [-0.25, -0.2) is 4.98 Å². The first-order chi connectivity index (χ1) is 9.19. The third kappa shape index (κ3) is 1.96. The van der Waals surface area contributed by atoms with Crippen LogP contribution in [0, 0.1) is 0 Å². The predicted octanol–water partition coefficient (Wildman–Crippen LogP) is 0.877. The van der Waals surface area contributed by atoms with E-state index in [4.69, 9.17) is 10.5 Å². The molecule has 0 unspecified atom stereocenters. The summed E-state index contributed by atoms with van der Waals surface area (Å²) >= 11 is 0. The van der Waals surface area contributed by atoms with Crippen LogP contribution in [0.1, 0.15) is 5.69 Å². The monoisotopic (exact) mass is 258 g/mol. The zero-order valence-corrected chi connectivity index (χ0v) is 10.5. The van der Waals surface area contributed by atoms with E-state index in [1.54, 1.807) is 6.33 Å². The summed E-state index contributed by atoms with van der Waals surface area (Å²) in [6.45, 7) is 0.433. The van der Waals surface area contributed by atoms with Crippen molar-refractivity contribution in [2.24, 2.45) is 12.8 Å². The molecule has 98 valence electrons. The molecule has 0 aliphatic carbocycles. The van der Waals surface area contributed by atoms with E-state index in [1.165, 1.54) is 0 Å². The van der Waals surface area contributed by atoms with Gasteiger partial charge in [-0.05, 0) is 18.2 Å². The largest absolute Gasteiger partial charge is 0.482 e. The number of ether oxygens (including phenoxy) is 1. The molecule has 0 radical (unpaired) electrons. The fourth-order valence-corrected chi connectivity index (χ4v) is 2.23. The molecule has 1 aromatic heterocycles. The summed E-state index contributed by atoms with van der Waals surface area (Å²) in [4.78, 5) is 15.6. The van der Waals surface area contributed by atoms with Crippen molar-refractivity contribution in [3.8, 4) is 17.0 Å². The van der Waals surface area contributed by atoms with E-state index in [2.05, 4.69) is 10.3 Å². The zero-order chi connectivity index (χ0) is 13.4. The maximum absolute atomic E-state index is 11.3. The summed E-state index contributed by atoms with van der Waals surface area (Å²) in [7, 11) is 1.91. The lowest BCUT2D eigenvalue weighted by Crippen LogP contribution is -2.25. The Morgan fingerprint density at radius 1 is 1.53 bits per heavy atom. The Hall–Kier alpha value is -2.34. The molecule has 0 spiro atoms. The lowest BCUT2D eigenvalue weighted by molar-refractivity contribution is -0.118. The fourth-order valence-electron chi connectivity index (χ4n) is 2.23. The number of carbonyl (C=O) groups is 1. The van der Waals surface area contributed by atoms with Crippen molar-refractivity contribution in [3.05, 3.63) is 30.2 Å². The van der Waals surface area contributed by atoms with Crippen LogP contribution in [-0.2, 0) is 18.4 Å². The normalized spacial score (nSPS) is 13.7. The van der Waals surface area contributed by atoms with Gasteiger partial charge in [-0.1, -0.05) is 0 Å². The van der Waals surface area contributed by atoms with Gasteiger partial charge in [0.05, 0.1) is 23.4 Å². The van der Waals surface area contributed by atoms with E-state index >= 15 is 0 Å². The van der Waals surface area contributed by atoms with E-state index in [1.807, 2.05) is 29.8 Å². The van der Waals surface area contributed by atoms with Crippen molar-refractivity contribution in [3.63, 3.8) is 0 Å². The predicted molar refractivity (Wildman–Crippen MR) is 70.7 cm³/mol. The second-order valence-electron chi connectivity index (χ2n) is 4.40. The molecule has 0 bridgehead atoms. The molecule has 2 heterocycles. The number of rotatable bonds is 2. The molecule has 19 heavy (non-hydrogen) atoms. The van der Waals surface area contributed by atoms with E-state index in [9.17, 15) is 4.79 Å². The van der Waals surface area contributed by atoms with Crippen molar-refractivity contribution in [1.29, 1.82) is 0 Å². The number of hydrogen-bond acceptors (Lipinski definition) is 4. The minimum atomic E-state index is -0.145. The lowest BCUT2D eigenvalue weighted by atomic mass is 10.1. The van der Waals surface area contributed by atoms with E-state index in [0.717, 1.165) is 17.0 Å². The Balaban J connectivity index is 2.09. The van der Waals surface area contributed by atoms with Crippen molar-refractivity contribution in [1.82, 2.24) is 9.55 Å². The first-order valence-corrected chi connectivity index (χ1v) is 5.96. The van der Waals surface area contributed by atoms with Crippen LogP contribution in [0.25, 0.3) is 11.3 Å². The molecule has 1 aliphatic heterocycles. The van der Waals surface area contributed by atoms with E-state index in [-0.39, 0.29) is 12.5 Å². The highest BCUT2D eigenvalue weighted by Crippen LogP contribution is 2.33. The molecule has 0 atom stereocenters. The maximum atomic E-state index is 11.3. The SMILES string of the molecule is Cn1cnc(CN)c1-c1ccc2c(c1)NC(=O)CO2. The van der Waals surface area contributed by atoms with Crippen LogP contribution in [0.4, 0.5) is 5.69 Å². The molecule has 1 amide bonds. The quantitative estimate of drug-likeness (QED) is 0.837. The van der Waals surface area contributed by atoms with Gasteiger partial charge in [-0.3, -0.25) is 4.79 Å². The van der Waals surface area contributed by atoms with E-state index < -0.39 is 0 Å². The summed E-state index contributed by atoms with van der Waals surface area (Å²) in [5.41, 5.74) is 9.09. The number of imidazole rings is 1. The number of amides is 1. The van der Waals surface area contributed by atoms with Crippen LogP contribution in [0.3, 0.4) is 0 Å². The number of hydrogen-bond donors (Lipinski definition) is 2. The van der Waals surface area contributed by atoms with Gasteiger partial charge in [0.25, 0.3) is 5.91 Å². The minimum Gasteiger partial charge on any atom is -0.482 e. The summed E-state index contributed by atoms with van der Waals surface area (Å²) in [6.07, 6.45) is 1.73. The number of nitrogens with zero attached hydrogens (tertiary/aromatic N) is 2. The zero-order valence-electron chi connectivity index (χ0n) is 10.5. The molecule has 0 saturated heterocycles. The Morgan fingerprint density at radius 2 is 2.37 bits per heavy atom. The number of carbonyl (C=O) groups excluding carboxylic acids is 1. The molecule has 1 aliphatic rings. The number of benzene rings is 1. The Labute approximate surface area is 110 Å². The van der Waals surface area contributed by atoms with Crippen LogP contribution in [0.5, 0.6) is 5.75 Å². The van der Waals surface area contributed by atoms with Crippen LogP contribution in [0.15, 0.2) is 24.5 Å². The van der Waals surface area contributed by atoms with Crippen LogP contribution < -0.4 is 15.8 Å². The maximum Gasteiger partial charge on any atom is 0.262 e. The number of nitrogens with one attached hydrogen (secondary N) is 1. The van der Waals surface area contributed by atoms with Crippen LogP contribution >= 0.6 is 0 Å². The summed E-state index contributed by atoms with van der Waals surface area (Å²) in [6, 6.07) is 5.66. The second-order valence-corrected chi connectivity index (χ2v) is 4.40. The highest BCUT2D eigenvalue weighted by molar-refractivity contribution is 5.96. The third-order valence-corrected chi connectivity index (χ3v) is 3.09. The Kier molecular flexibility index (Phi) is 2.72. The third-order valence-electron chi connectivity index (χ3n) is 3.09. The number of anilines is 1. The van der Waals surface area contributed by atoms with Gasteiger partial charge in [-0.2, -0.15) is 0 Å². The first kappa shape index (κ1) is 11.7. The van der Waals surface area contributed by atoms with Gasteiger partial charge < -0.3 is 20.4 Å². The Bertz CT molecular complexity index is 648. The highest BCUT2D eigenvalue weighted by atomic mass is 16.5. The summed E-state index contributed by atoms with van der Waals surface area (Å²) < 4.78 is 7.25. The van der Waals surface area contributed by atoms with Gasteiger partial charge in [0, 0.05) is 19.2 Å². The first-order valence-electron chi connectivity index (χ1n) is 5.96. The minimum absolute atomic E-state index is 0.0616. The molecule has 3 rings (SSSR count). The van der Waals surface area contributed by atoms with Crippen LogP contribution in [0.2, 0.25) is 0 Å². The molecule has 3 N–H and O–H groups in total. The van der Waals surface area contributed by atoms with Crippen molar-refractivity contribution < 1.29 is 9.53 Å². The lowest BCUT2D eigenvalue weighted by Gasteiger charge is -2.18. The molecule has 6 heteroatoms. The average molecular weight is 258 g/mol. The number of nitrogens with two attached hydrogens (primary N) is 1. The van der Waals surface area contributed by atoms with Gasteiger partial charge in [-0.15, -0.1) is 0 Å². The van der Waals surface area contributed by atoms with Crippen LogP contribution in [-0.4, -0.2) is 22.1 Å². The average Bonchev–Trinajstić information content (AvgIpc) is 2.79.